The maximum Gasteiger partial charge on any atom is 0.250 e. The van der Waals surface area contributed by atoms with Crippen LogP contribution in [-0.4, -0.2) is 31.7 Å². The van der Waals surface area contributed by atoms with E-state index in [9.17, 15) is 22.8 Å². The third-order valence-electron chi connectivity index (χ3n) is 5.66. The normalized spacial score (nSPS) is 24.5. The number of nitrogens with two attached hydrogens (primary N) is 1. The average molecular weight is 442 g/mol. The third-order valence-corrected chi connectivity index (χ3v) is 7.36. The molecular weight excluding hydrogens is 420 g/mol. The molecule has 2 aromatic carbocycles. The van der Waals surface area contributed by atoms with E-state index >= 15 is 0 Å². The first-order valence-electron chi connectivity index (χ1n) is 9.79. The van der Waals surface area contributed by atoms with Gasteiger partial charge in [0.15, 0.2) is 0 Å². The van der Waals surface area contributed by atoms with E-state index < -0.39 is 26.7 Å². The molecule has 2 unspecified atom stereocenters. The van der Waals surface area contributed by atoms with E-state index in [0.717, 1.165) is 5.56 Å². The zero-order valence-electron chi connectivity index (χ0n) is 16.6. The molecule has 5 N–H and O–H groups in total. The molecule has 2 atom stereocenters. The van der Waals surface area contributed by atoms with Gasteiger partial charge in [0.1, 0.15) is 10.8 Å². The topological polar surface area (TPSA) is 147 Å². The molecule has 162 valence electrons. The first-order valence-corrected chi connectivity index (χ1v) is 11.3. The fraction of sp³-hybridized carbons (Fsp3) is 0.286. The Kier molecular flexibility index (Phi) is 5.18. The van der Waals surface area contributed by atoms with Gasteiger partial charge in [-0.2, -0.15) is 0 Å². The van der Waals surface area contributed by atoms with Gasteiger partial charge < -0.3 is 16.4 Å². The van der Waals surface area contributed by atoms with Crippen molar-refractivity contribution in [1.29, 1.82) is 0 Å². The largest absolute Gasteiger partial charge is 0.397 e. The SMILES string of the molecule is Nc1ccccc1NC(=O)C1(Cc2ccc(C3CC(=O)NS3(=O)=O)cc2)CCC(=O)N1. The molecule has 4 rings (SSSR count). The quantitative estimate of drug-likeness (QED) is 0.508. The van der Waals surface area contributed by atoms with E-state index in [1.165, 1.54) is 0 Å². The Bertz CT molecular complexity index is 1160. The van der Waals surface area contributed by atoms with E-state index in [1.807, 2.05) is 4.72 Å². The summed E-state index contributed by atoms with van der Waals surface area (Å²) in [7, 11) is -3.73. The van der Waals surface area contributed by atoms with Crippen LogP contribution in [0.2, 0.25) is 0 Å². The highest BCUT2D eigenvalue weighted by atomic mass is 32.2. The number of amides is 3. The van der Waals surface area contributed by atoms with Crippen LogP contribution in [0.4, 0.5) is 11.4 Å². The Labute approximate surface area is 179 Å². The highest BCUT2D eigenvalue weighted by molar-refractivity contribution is 7.90. The molecule has 2 heterocycles. The van der Waals surface area contributed by atoms with Crippen LogP contribution in [0.25, 0.3) is 0 Å². The molecule has 2 saturated heterocycles. The summed E-state index contributed by atoms with van der Waals surface area (Å²) in [5.74, 6) is -1.11. The minimum absolute atomic E-state index is 0.122. The molecule has 0 spiro atoms. The van der Waals surface area contributed by atoms with Crippen LogP contribution in [0.5, 0.6) is 0 Å². The summed E-state index contributed by atoms with van der Waals surface area (Å²) in [5.41, 5.74) is 6.90. The number of rotatable bonds is 5. The number of nitrogens with one attached hydrogen (secondary N) is 3. The number of hydrogen-bond donors (Lipinski definition) is 4. The van der Waals surface area contributed by atoms with Crippen LogP contribution in [0.15, 0.2) is 48.5 Å². The Morgan fingerprint density at radius 2 is 1.81 bits per heavy atom. The molecule has 2 aromatic rings. The van der Waals surface area contributed by atoms with E-state index in [0.29, 0.717) is 23.4 Å². The molecule has 0 radical (unpaired) electrons. The highest BCUT2D eigenvalue weighted by Gasteiger charge is 2.45. The van der Waals surface area contributed by atoms with E-state index in [2.05, 4.69) is 10.6 Å². The number of anilines is 2. The number of hydrogen-bond acceptors (Lipinski definition) is 6. The first-order chi connectivity index (χ1) is 14.7. The van der Waals surface area contributed by atoms with Gasteiger partial charge in [0.05, 0.1) is 17.8 Å². The molecule has 3 amide bonds. The smallest absolute Gasteiger partial charge is 0.250 e. The third kappa shape index (κ3) is 4.11. The van der Waals surface area contributed by atoms with E-state index in [-0.39, 0.29) is 31.1 Å². The van der Waals surface area contributed by atoms with Gasteiger partial charge in [-0.3, -0.25) is 19.1 Å². The van der Waals surface area contributed by atoms with E-state index in [4.69, 9.17) is 5.73 Å². The summed E-state index contributed by atoms with van der Waals surface area (Å²) in [5, 5.41) is 4.67. The fourth-order valence-electron chi connectivity index (χ4n) is 4.00. The highest BCUT2D eigenvalue weighted by Crippen LogP contribution is 2.32. The summed E-state index contributed by atoms with van der Waals surface area (Å²) in [6.07, 6.45) is 0.653. The monoisotopic (exact) mass is 442 g/mol. The molecule has 2 aliphatic rings. The molecule has 9 nitrogen and oxygen atoms in total. The van der Waals surface area contributed by atoms with Crippen LogP contribution >= 0.6 is 0 Å². The molecule has 0 aliphatic carbocycles. The number of sulfonamides is 1. The fourth-order valence-corrected chi connectivity index (χ4v) is 5.43. The van der Waals surface area contributed by atoms with Crippen molar-refractivity contribution in [3.63, 3.8) is 0 Å². The number of carbonyl (C=O) groups is 3. The molecular formula is C21H22N4O5S. The van der Waals surface area contributed by atoms with Gasteiger partial charge in [-0.1, -0.05) is 36.4 Å². The average Bonchev–Trinajstić information content (AvgIpc) is 3.23. The van der Waals surface area contributed by atoms with Crippen molar-refractivity contribution in [3.05, 3.63) is 59.7 Å². The molecule has 2 fully saturated rings. The van der Waals surface area contributed by atoms with Gasteiger partial charge in [-0.25, -0.2) is 8.42 Å². The van der Waals surface area contributed by atoms with Gasteiger partial charge >= 0.3 is 0 Å². The lowest BCUT2D eigenvalue weighted by Gasteiger charge is -2.28. The summed E-state index contributed by atoms with van der Waals surface area (Å²) >= 11 is 0. The van der Waals surface area contributed by atoms with Gasteiger partial charge in [-0.15, -0.1) is 0 Å². The Morgan fingerprint density at radius 3 is 2.39 bits per heavy atom. The minimum Gasteiger partial charge on any atom is -0.397 e. The number of carbonyl (C=O) groups excluding carboxylic acids is 3. The molecule has 0 bridgehead atoms. The van der Waals surface area contributed by atoms with Crippen LogP contribution in [-0.2, 0) is 30.8 Å². The molecule has 31 heavy (non-hydrogen) atoms. The summed E-state index contributed by atoms with van der Waals surface area (Å²) in [6, 6.07) is 13.6. The lowest BCUT2D eigenvalue weighted by Crippen LogP contribution is -2.53. The lowest BCUT2D eigenvalue weighted by molar-refractivity contribution is -0.126. The Hall–Kier alpha value is -3.40. The van der Waals surface area contributed by atoms with Crippen molar-refractivity contribution in [1.82, 2.24) is 10.0 Å². The molecule has 2 aliphatic heterocycles. The van der Waals surface area contributed by atoms with Crippen molar-refractivity contribution >= 4 is 39.1 Å². The Balaban J connectivity index is 1.56. The van der Waals surface area contributed by atoms with Crippen molar-refractivity contribution in [2.45, 2.75) is 36.5 Å². The molecule has 0 saturated carbocycles. The number of para-hydroxylation sites is 2. The predicted octanol–water partition coefficient (Wildman–Crippen LogP) is 0.990. The summed E-state index contributed by atoms with van der Waals surface area (Å²) in [4.78, 5) is 36.6. The van der Waals surface area contributed by atoms with Gasteiger partial charge in [0.25, 0.3) is 5.91 Å². The van der Waals surface area contributed by atoms with Crippen LogP contribution < -0.4 is 21.1 Å². The second-order valence-electron chi connectivity index (χ2n) is 7.85. The zero-order valence-corrected chi connectivity index (χ0v) is 17.4. The van der Waals surface area contributed by atoms with Gasteiger partial charge in [0.2, 0.25) is 21.8 Å². The van der Waals surface area contributed by atoms with Gasteiger partial charge in [-0.05, 0) is 29.7 Å². The Morgan fingerprint density at radius 1 is 1.10 bits per heavy atom. The van der Waals surface area contributed by atoms with Crippen molar-refractivity contribution in [2.75, 3.05) is 11.1 Å². The van der Waals surface area contributed by atoms with Crippen molar-refractivity contribution < 1.29 is 22.8 Å². The number of nitrogen functional groups attached to an aromatic ring is 1. The predicted molar refractivity (Wildman–Crippen MR) is 114 cm³/mol. The summed E-state index contributed by atoms with van der Waals surface area (Å²) in [6.45, 7) is 0. The van der Waals surface area contributed by atoms with Gasteiger partial charge in [0, 0.05) is 12.8 Å². The zero-order chi connectivity index (χ0) is 22.2. The van der Waals surface area contributed by atoms with Crippen LogP contribution in [0.1, 0.15) is 35.6 Å². The summed E-state index contributed by atoms with van der Waals surface area (Å²) < 4.78 is 26.1. The molecule has 10 heteroatoms. The second kappa shape index (κ2) is 7.69. The minimum atomic E-state index is -3.73. The maximum atomic E-state index is 13.1. The maximum absolute atomic E-state index is 13.1. The van der Waals surface area contributed by atoms with E-state index in [1.54, 1.807) is 48.5 Å². The van der Waals surface area contributed by atoms with Crippen LogP contribution in [0.3, 0.4) is 0 Å². The first kappa shape index (κ1) is 20.9. The van der Waals surface area contributed by atoms with Crippen molar-refractivity contribution in [3.8, 4) is 0 Å². The molecule has 0 aromatic heterocycles. The van der Waals surface area contributed by atoms with Crippen LogP contribution in [0, 0.1) is 0 Å². The standard InChI is InChI=1S/C21H22N4O5S/c22-15-3-1-2-4-16(15)23-20(28)21(10-9-18(26)24-21)12-13-5-7-14(8-6-13)17-11-19(27)25-31(17,29)30/h1-8,17H,9-12,22H2,(H,23,28)(H,24,26)(H,25,27). The second-order valence-corrected chi connectivity index (χ2v) is 9.72. The number of benzene rings is 2. The van der Waals surface area contributed by atoms with Crippen molar-refractivity contribution in [2.24, 2.45) is 0 Å². The lowest BCUT2D eigenvalue weighted by atomic mass is 9.87.